The van der Waals surface area contributed by atoms with Crippen LogP contribution in [0.25, 0.3) is 0 Å². The molecule has 1 saturated carbocycles. The number of nitrogens with one attached hydrogen (secondary N) is 1. The number of nitrogens with zero attached hydrogens (tertiary/aromatic N) is 4. The Morgan fingerprint density at radius 2 is 1.97 bits per heavy atom. The minimum absolute atomic E-state index is 0.00868. The molecule has 0 aromatic heterocycles. The fraction of sp³-hybridized carbons (Fsp3) is 0.619. The van der Waals surface area contributed by atoms with Crippen LogP contribution < -0.4 is 14.4 Å². The van der Waals surface area contributed by atoms with Gasteiger partial charge in [0.15, 0.2) is 17.7 Å². The summed E-state index contributed by atoms with van der Waals surface area (Å²) in [4.78, 5) is 30.6. The van der Waals surface area contributed by atoms with E-state index in [9.17, 15) is 28.0 Å². The van der Waals surface area contributed by atoms with Crippen LogP contribution in [0, 0.1) is 11.8 Å². The van der Waals surface area contributed by atoms with Crippen LogP contribution in [0.2, 0.25) is 5.02 Å². The summed E-state index contributed by atoms with van der Waals surface area (Å²) in [5.74, 6) is -2.47. The van der Waals surface area contributed by atoms with Gasteiger partial charge in [-0.2, -0.15) is 4.72 Å². The summed E-state index contributed by atoms with van der Waals surface area (Å²) >= 11 is 4.65. The zero-order valence-corrected chi connectivity index (χ0v) is 35.5. The van der Waals surface area contributed by atoms with Crippen molar-refractivity contribution < 1.29 is 42.2 Å². The van der Waals surface area contributed by atoms with E-state index in [-0.39, 0.29) is 49.0 Å². The van der Waals surface area contributed by atoms with E-state index in [1.54, 1.807) is 46.5 Å². The first kappa shape index (κ1) is 44.5. The fourth-order valence-corrected chi connectivity index (χ4v) is 9.35. The normalized spacial score (nSPS) is 23.7. The smallest absolute Gasteiger partial charge is 0.296 e. The van der Waals surface area contributed by atoms with Crippen molar-refractivity contribution in [1.29, 1.82) is 0 Å². The third kappa shape index (κ3) is 11.2. The molecule has 6 unspecified atom stereocenters. The van der Waals surface area contributed by atoms with E-state index in [2.05, 4.69) is 28.7 Å². The summed E-state index contributed by atoms with van der Waals surface area (Å²) in [6.07, 6.45) is 6.57. The number of ether oxygens (including phenoxy) is 3. The van der Waals surface area contributed by atoms with Crippen LogP contribution in [-0.2, 0) is 37.0 Å². The largest absolute Gasteiger partial charge is 0.573 e. The van der Waals surface area contributed by atoms with Crippen molar-refractivity contribution in [2.45, 2.75) is 76.1 Å². The van der Waals surface area contributed by atoms with Crippen molar-refractivity contribution in [2.24, 2.45) is 11.8 Å². The second-order valence-corrected chi connectivity index (χ2v) is 17.8. The van der Waals surface area contributed by atoms with E-state index in [0.29, 0.717) is 75.2 Å². The third-order valence-electron chi connectivity index (χ3n) is 11.9. The molecule has 2 N–H and O–H groups in total. The molecular formula is C42H58ClF2N5O7S. The van der Waals surface area contributed by atoms with Crippen LogP contribution >= 0.6 is 11.6 Å². The van der Waals surface area contributed by atoms with Crippen molar-refractivity contribution in [1.82, 2.24) is 18.8 Å². The molecule has 0 radical (unpaired) electrons. The van der Waals surface area contributed by atoms with Gasteiger partial charge in [-0.05, 0) is 78.5 Å². The number of benzene rings is 2. The average Bonchev–Trinajstić information content (AvgIpc) is 3.32. The van der Waals surface area contributed by atoms with Gasteiger partial charge in [0.1, 0.15) is 5.75 Å². The van der Waals surface area contributed by atoms with Crippen LogP contribution in [0.3, 0.4) is 0 Å². The zero-order chi connectivity index (χ0) is 41.6. The number of carbonyl (C=O) groups excluding carboxylic acids is 2. The van der Waals surface area contributed by atoms with Gasteiger partial charge in [-0.25, -0.2) is 8.78 Å². The Morgan fingerprint density at radius 1 is 1.19 bits per heavy atom. The van der Waals surface area contributed by atoms with Gasteiger partial charge in [-0.3, -0.25) is 14.5 Å². The summed E-state index contributed by atoms with van der Waals surface area (Å²) in [5, 5.41) is 11.9. The lowest BCUT2D eigenvalue weighted by atomic mass is 9.70. The molecule has 320 valence electrons. The SMILES string of the molecule is CCCc1cc(Cl)ccc1C1COc2ccc(C(O)C(=O)N[S+]([O-])N3CC(OC)C3)cc2N(CC2CCC2C(/C=C/CCN(C)C(C)=O)OCCN2CC(F)(F)C2)C1. The number of methoxy groups -OCH3 is 1. The molecule has 58 heavy (non-hydrogen) atoms. The molecule has 3 aliphatic heterocycles. The van der Waals surface area contributed by atoms with Crippen LogP contribution in [0.1, 0.15) is 68.2 Å². The molecule has 6 atom stereocenters. The predicted octanol–water partition coefficient (Wildman–Crippen LogP) is 5.12. The average molecular weight is 850 g/mol. The lowest BCUT2D eigenvalue weighted by Gasteiger charge is -2.44. The maximum Gasteiger partial charge on any atom is 0.296 e. The number of aliphatic hydroxyl groups is 1. The van der Waals surface area contributed by atoms with Crippen molar-refractivity contribution in [3.8, 4) is 5.75 Å². The third-order valence-corrected chi connectivity index (χ3v) is 13.3. The minimum Gasteiger partial charge on any atom is -0.573 e. The second kappa shape index (κ2) is 20.0. The molecule has 0 spiro atoms. The van der Waals surface area contributed by atoms with Gasteiger partial charge in [0, 0.05) is 58.2 Å². The summed E-state index contributed by atoms with van der Waals surface area (Å²) in [6, 6.07) is 11.3. The summed E-state index contributed by atoms with van der Waals surface area (Å²) in [5.41, 5.74) is 3.42. The molecule has 2 saturated heterocycles. The second-order valence-electron chi connectivity index (χ2n) is 16.1. The van der Waals surface area contributed by atoms with Crippen molar-refractivity contribution >= 4 is 40.7 Å². The number of aryl methyl sites for hydroxylation is 1. The molecule has 3 heterocycles. The first-order valence-corrected chi connectivity index (χ1v) is 21.8. The summed E-state index contributed by atoms with van der Waals surface area (Å²) in [7, 11) is 3.35. The molecular weight excluding hydrogens is 792 g/mol. The molecule has 0 bridgehead atoms. The van der Waals surface area contributed by atoms with E-state index in [4.69, 9.17) is 25.8 Å². The molecule has 2 aromatic rings. The molecule has 2 amide bonds. The number of halogens is 3. The van der Waals surface area contributed by atoms with Crippen LogP contribution in [0.5, 0.6) is 5.75 Å². The molecule has 3 fully saturated rings. The molecule has 16 heteroatoms. The van der Waals surface area contributed by atoms with Gasteiger partial charge in [-0.15, -0.1) is 0 Å². The highest BCUT2D eigenvalue weighted by Gasteiger charge is 2.44. The first-order valence-electron chi connectivity index (χ1n) is 20.3. The minimum atomic E-state index is -2.64. The van der Waals surface area contributed by atoms with Gasteiger partial charge >= 0.3 is 0 Å². The number of aliphatic hydroxyl groups excluding tert-OH is 1. The standard InChI is InChI=1S/C42H58ClF2N5O7S/c1-5-8-29-19-33(43)12-14-35(29)32-22-49(37-20-30(11-15-39(37)57-25-32)40(52)41(53)46-58(54)50-23-34(24-50)55-4)21-31-10-13-36(31)38(9-6-7-16-47(3)28(2)51)56-18-17-48-26-42(44,45)27-48/h6,9,11-12,14-15,19-20,31-32,34,36,38,40,52H,5,7-8,10,13,16-18,21-27H2,1-4H3,(H,46,53)/b9-6+. The quantitative estimate of drug-likeness (QED) is 0.145. The Bertz CT molecular complexity index is 1750. The molecule has 4 aliphatic rings. The number of anilines is 1. The van der Waals surface area contributed by atoms with Gasteiger partial charge in [0.2, 0.25) is 5.91 Å². The van der Waals surface area contributed by atoms with Gasteiger partial charge in [-0.1, -0.05) is 53.5 Å². The summed E-state index contributed by atoms with van der Waals surface area (Å²) in [6.45, 7) is 6.95. The van der Waals surface area contributed by atoms with Crippen molar-refractivity contribution in [3.05, 3.63) is 70.3 Å². The van der Waals surface area contributed by atoms with Gasteiger partial charge < -0.3 is 33.7 Å². The Morgan fingerprint density at radius 3 is 2.64 bits per heavy atom. The maximum absolute atomic E-state index is 13.5. The molecule has 2 aromatic carbocycles. The van der Waals surface area contributed by atoms with Crippen LogP contribution in [-0.4, -0.2) is 133 Å². The van der Waals surface area contributed by atoms with E-state index in [0.717, 1.165) is 36.9 Å². The number of alkyl halides is 2. The number of fused-ring (bicyclic) bond motifs is 1. The van der Waals surface area contributed by atoms with Gasteiger partial charge in [0.25, 0.3) is 11.8 Å². The maximum atomic E-state index is 13.5. The summed E-state index contributed by atoms with van der Waals surface area (Å²) < 4.78 is 62.1. The highest BCUT2D eigenvalue weighted by Crippen LogP contribution is 2.44. The van der Waals surface area contributed by atoms with Crippen molar-refractivity contribution in [2.75, 3.05) is 84.6 Å². The topological polar surface area (TPSA) is 130 Å². The van der Waals surface area contributed by atoms with E-state index in [1.165, 1.54) is 12.5 Å². The molecule has 12 nitrogen and oxygen atoms in total. The monoisotopic (exact) mass is 849 g/mol. The molecule has 1 aliphatic carbocycles. The lowest BCUT2D eigenvalue weighted by Crippen LogP contribution is -2.58. The highest BCUT2D eigenvalue weighted by atomic mass is 35.5. The number of likely N-dealkylation sites (tertiary alicyclic amines) is 1. The molecule has 6 rings (SSSR count). The number of carbonyl (C=O) groups is 2. The Kier molecular flexibility index (Phi) is 15.4. The number of rotatable bonds is 19. The fourth-order valence-electron chi connectivity index (χ4n) is 8.14. The Labute approximate surface area is 349 Å². The van der Waals surface area contributed by atoms with Crippen LogP contribution in [0.4, 0.5) is 14.5 Å². The van der Waals surface area contributed by atoms with Crippen molar-refractivity contribution in [3.63, 3.8) is 0 Å². The van der Waals surface area contributed by atoms with Gasteiger partial charge in [0.05, 0.1) is 57.3 Å². The highest BCUT2D eigenvalue weighted by molar-refractivity contribution is 7.87. The Balaban J connectivity index is 1.23. The lowest BCUT2D eigenvalue weighted by molar-refractivity contribution is -0.138. The van der Waals surface area contributed by atoms with E-state index < -0.39 is 29.5 Å². The number of hydrogen-bond acceptors (Lipinski definition) is 10. The number of amides is 2. The number of hydrogen-bond donors (Lipinski definition) is 2. The zero-order valence-electron chi connectivity index (χ0n) is 33.9. The van der Waals surface area contributed by atoms with E-state index >= 15 is 0 Å². The Hall–Kier alpha value is -3.02. The van der Waals surface area contributed by atoms with Crippen LogP contribution in [0.15, 0.2) is 48.6 Å². The van der Waals surface area contributed by atoms with E-state index in [1.807, 2.05) is 18.2 Å². The predicted molar refractivity (Wildman–Crippen MR) is 220 cm³/mol. The first-order chi connectivity index (χ1) is 27.7.